The minimum Gasteiger partial charge on any atom is -0.452 e. The van der Waals surface area contributed by atoms with Crippen molar-refractivity contribution in [2.45, 2.75) is 0 Å². The molecule has 2 rings (SSSR count). The number of hydrogen-bond donors (Lipinski definition) is 2. The van der Waals surface area contributed by atoms with Gasteiger partial charge in [-0.2, -0.15) is 0 Å². The first kappa shape index (κ1) is 19.3. The van der Waals surface area contributed by atoms with Crippen LogP contribution in [0.5, 0.6) is 0 Å². The zero-order chi connectivity index (χ0) is 19.1. The Morgan fingerprint density at radius 3 is 2.31 bits per heavy atom. The summed E-state index contributed by atoms with van der Waals surface area (Å²) in [5, 5.41) is 10.6. The number of amides is 2. The van der Waals surface area contributed by atoms with Gasteiger partial charge < -0.3 is 4.74 Å². The average molecular weight is 469 g/mol. The van der Waals surface area contributed by atoms with Crippen LogP contribution in [0.4, 0.5) is 5.69 Å². The number of esters is 1. The van der Waals surface area contributed by atoms with Crippen LogP contribution in [0.3, 0.4) is 0 Å². The Hall–Kier alpha value is -3.02. The van der Waals surface area contributed by atoms with E-state index in [9.17, 15) is 24.5 Å². The molecule has 2 aromatic rings. The van der Waals surface area contributed by atoms with E-state index < -0.39 is 29.3 Å². The van der Waals surface area contributed by atoms with E-state index >= 15 is 0 Å². The molecule has 0 aliphatic rings. The molecule has 0 heterocycles. The van der Waals surface area contributed by atoms with Crippen molar-refractivity contribution in [1.29, 1.82) is 0 Å². The lowest BCUT2D eigenvalue weighted by atomic mass is 10.2. The number of ether oxygens (including phenoxy) is 1. The van der Waals surface area contributed by atoms with E-state index in [-0.39, 0.29) is 11.3 Å². The van der Waals surface area contributed by atoms with Crippen LogP contribution in [-0.4, -0.2) is 29.3 Å². The molecule has 0 saturated heterocycles. The number of rotatable bonds is 5. The summed E-state index contributed by atoms with van der Waals surface area (Å²) >= 11 is 1.97. The number of halogens is 1. The summed E-state index contributed by atoms with van der Waals surface area (Å²) in [7, 11) is 0. The minimum atomic E-state index is -0.737. The number of hydrogen-bond acceptors (Lipinski definition) is 6. The second-order valence-electron chi connectivity index (χ2n) is 4.86. The number of nitrogens with one attached hydrogen (secondary N) is 2. The molecule has 0 saturated carbocycles. The molecular weight excluding hydrogens is 457 g/mol. The van der Waals surface area contributed by atoms with Gasteiger partial charge in [-0.25, -0.2) is 4.79 Å². The zero-order valence-corrected chi connectivity index (χ0v) is 15.3. The first-order valence-corrected chi connectivity index (χ1v) is 8.21. The molecule has 134 valence electrons. The normalized spacial score (nSPS) is 9.88. The van der Waals surface area contributed by atoms with E-state index in [4.69, 9.17) is 4.74 Å². The molecule has 0 unspecified atom stereocenters. The molecule has 10 heteroatoms. The number of carbonyl (C=O) groups excluding carboxylic acids is 3. The lowest BCUT2D eigenvalue weighted by Crippen LogP contribution is -2.43. The Kier molecular flexibility index (Phi) is 6.60. The van der Waals surface area contributed by atoms with Crippen molar-refractivity contribution < 1.29 is 24.0 Å². The van der Waals surface area contributed by atoms with Crippen LogP contribution in [0, 0.1) is 13.7 Å². The monoisotopic (exact) mass is 469 g/mol. The number of carbonyl (C=O) groups is 3. The Balaban J connectivity index is 1.81. The highest BCUT2D eigenvalue weighted by Crippen LogP contribution is 2.13. The van der Waals surface area contributed by atoms with Gasteiger partial charge in [0, 0.05) is 21.3 Å². The van der Waals surface area contributed by atoms with E-state index in [0.717, 1.165) is 0 Å². The molecule has 0 atom stereocenters. The van der Waals surface area contributed by atoms with Crippen molar-refractivity contribution in [3.8, 4) is 0 Å². The highest BCUT2D eigenvalue weighted by Gasteiger charge is 2.14. The van der Waals surface area contributed by atoms with Gasteiger partial charge in [-0.3, -0.25) is 30.6 Å². The van der Waals surface area contributed by atoms with Gasteiger partial charge in [-0.1, -0.05) is 12.1 Å². The molecule has 2 aromatic carbocycles. The predicted molar refractivity (Wildman–Crippen MR) is 98.1 cm³/mol. The Morgan fingerprint density at radius 1 is 1.04 bits per heavy atom. The van der Waals surface area contributed by atoms with Crippen LogP contribution < -0.4 is 10.9 Å². The van der Waals surface area contributed by atoms with Gasteiger partial charge >= 0.3 is 5.97 Å². The van der Waals surface area contributed by atoms with Gasteiger partial charge in [-0.05, 0) is 46.9 Å². The topological polar surface area (TPSA) is 128 Å². The molecule has 0 aromatic heterocycles. The molecule has 0 aliphatic heterocycles. The van der Waals surface area contributed by atoms with E-state index in [2.05, 4.69) is 10.9 Å². The van der Waals surface area contributed by atoms with Crippen molar-refractivity contribution in [3.05, 3.63) is 73.3 Å². The third-order valence-corrected chi connectivity index (χ3v) is 4.02. The standard InChI is InChI=1S/C16H12IN3O6/c17-13-4-2-1-3-12(13)16(23)26-9-14(21)18-19-15(22)10-5-7-11(8-6-10)20(24)25/h1-8H,9H2,(H,18,21)(H,19,22). The van der Waals surface area contributed by atoms with Crippen molar-refractivity contribution in [2.75, 3.05) is 6.61 Å². The third kappa shape index (κ3) is 5.24. The molecule has 0 fully saturated rings. The summed E-state index contributed by atoms with van der Waals surface area (Å²) in [5.74, 6) is -2.07. The summed E-state index contributed by atoms with van der Waals surface area (Å²) in [5.41, 5.74) is 4.50. The van der Waals surface area contributed by atoms with Gasteiger partial charge in [0.2, 0.25) is 0 Å². The van der Waals surface area contributed by atoms with Crippen molar-refractivity contribution in [3.63, 3.8) is 0 Å². The quantitative estimate of drug-likeness (QED) is 0.298. The summed E-state index contributed by atoms with van der Waals surface area (Å²) in [4.78, 5) is 45.3. The number of nitro benzene ring substituents is 1. The largest absolute Gasteiger partial charge is 0.452 e. The molecule has 0 radical (unpaired) electrons. The molecule has 0 bridgehead atoms. The molecule has 2 amide bonds. The van der Waals surface area contributed by atoms with Gasteiger partial charge in [0.05, 0.1) is 10.5 Å². The maximum Gasteiger partial charge on any atom is 0.339 e. The Labute approximate surface area is 161 Å². The van der Waals surface area contributed by atoms with Gasteiger partial charge in [0.25, 0.3) is 17.5 Å². The molecular formula is C16H12IN3O6. The maximum atomic E-state index is 11.9. The lowest BCUT2D eigenvalue weighted by molar-refractivity contribution is -0.384. The van der Waals surface area contributed by atoms with E-state index in [1.54, 1.807) is 24.3 Å². The summed E-state index contributed by atoms with van der Waals surface area (Å²) in [6, 6.07) is 11.6. The number of nitrogens with zero attached hydrogens (tertiary/aromatic N) is 1. The second kappa shape index (κ2) is 8.89. The lowest BCUT2D eigenvalue weighted by Gasteiger charge is -2.08. The molecule has 0 aliphatic carbocycles. The van der Waals surface area contributed by atoms with Crippen molar-refractivity contribution in [1.82, 2.24) is 10.9 Å². The predicted octanol–water partition coefficient (Wildman–Crippen LogP) is 1.82. The van der Waals surface area contributed by atoms with E-state index in [0.29, 0.717) is 9.13 Å². The fourth-order valence-electron chi connectivity index (χ4n) is 1.80. The Morgan fingerprint density at radius 2 is 1.69 bits per heavy atom. The number of nitro groups is 1. The highest BCUT2D eigenvalue weighted by molar-refractivity contribution is 14.1. The average Bonchev–Trinajstić information content (AvgIpc) is 2.64. The molecule has 2 N–H and O–H groups in total. The van der Waals surface area contributed by atoms with Crippen LogP contribution in [0.1, 0.15) is 20.7 Å². The van der Waals surface area contributed by atoms with Gasteiger partial charge in [-0.15, -0.1) is 0 Å². The zero-order valence-electron chi connectivity index (χ0n) is 13.1. The highest BCUT2D eigenvalue weighted by atomic mass is 127. The molecule has 9 nitrogen and oxygen atoms in total. The van der Waals surface area contributed by atoms with Crippen LogP contribution in [0.25, 0.3) is 0 Å². The number of hydrazine groups is 1. The number of benzene rings is 2. The summed E-state index contributed by atoms with van der Waals surface area (Å²) in [6.45, 7) is -0.579. The summed E-state index contributed by atoms with van der Waals surface area (Å²) < 4.78 is 5.55. The Bertz CT molecular complexity index is 853. The summed E-state index contributed by atoms with van der Waals surface area (Å²) in [6.07, 6.45) is 0. The smallest absolute Gasteiger partial charge is 0.339 e. The molecule has 0 spiro atoms. The molecule has 26 heavy (non-hydrogen) atoms. The fourth-order valence-corrected chi connectivity index (χ4v) is 2.41. The van der Waals surface area contributed by atoms with Crippen molar-refractivity contribution in [2.24, 2.45) is 0 Å². The van der Waals surface area contributed by atoms with Gasteiger partial charge in [0.1, 0.15) is 0 Å². The van der Waals surface area contributed by atoms with Crippen LogP contribution in [0.2, 0.25) is 0 Å². The fraction of sp³-hybridized carbons (Fsp3) is 0.0625. The van der Waals surface area contributed by atoms with E-state index in [1.807, 2.05) is 22.6 Å². The third-order valence-electron chi connectivity index (χ3n) is 3.08. The first-order valence-electron chi connectivity index (χ1n) is 7.14. The second-order valence-corrected chi connectivity index (χ2v) is 6.02. The van der Waals surface area contributed by atoms with Crippen LogP contribution in [0.15, 0.2) is 48.5 Å². The number of non-ortho nitro benzene ring substituents is 1. The maximum absolute atomic E-state index is 11.9. The van der Waals surface area contributed by atoms with E-state index in [1.165, 1.54) is 24.3 Å². The van der Waals surface area contributed by atoms with Crippen molar-refractivity contribution >= 4 is 46.1 Å². The SMILES string of the molecule is O=C(COC(=O)c1ccccc1I)NNC(=O)c1ccc([N+](=O)[O-])cc1. The first-order chi connectivity index (χ1) is 12.4. The van der Waals surface area contributed by atoms with Crippen LogP contribution in [-0.2, 0) is 9.53 Å². The van der Waals surface area contributed by atoms with Gasteiger partial charge in [0.15, 0.2) is 6.61 Å². The van der Waals surface area contributed by atoms with Crippen LogP contribution >= 0.6 is 22.6 Å². The minimum absolute atomic E-state index is 0.117.